The number of alkyl halides is 2. The summed E-state index contributed by atoms with van der Waals surface area (Å²) < 4.78 is 0.402. The van der Waals surface area contributed by atoms with E-state index in [4.69, 9.17) is 0 Å². The minimum atomic E-state index is 0.402. The highest BCUT2D eigenvalue weighted by Crippen LogP contribution is 2.46. The summed E-state index contributed by atoms with van der Waals surface area (Å²) in [6, 6.07) is 0. The molecule has 0 amide bonds. The molecule has 0 saturated heterocycles. The molecule has 0 nitrogen and oxygen atoms in total. The average Bonchev–Trinajstić information content (AvgIpc) is 2.47. The third-order valence-corrected chi connectivity index (χ3v) is 5.89. The van der Waals surface area contributed by atoms with E-state index in [-0.39, 0.29) is 0 Å². The second kappa shape index (κ2) is 7.65. The first kappa shape index (κ1) is 19.2. The van der Waals surface area contributed by atoms with Crippen LogP contribution in [-0.2, 0) is 0 Å². The molecule has 1 aliphatic carbocycles. The van der Waals surface area contributed by atoms with Crippen molar-refractivity contribution < 1.29 is 0 Å². The van der Waals surface area contributed by atoms with E-state index in [2.05, 4.69) is 92.0 Å². The van der Waals surface area contributed by atoms with Crippen molar-refractivity contribution in [2.75, 3.05) is 0 Å². The van der Waals surface area contributed by atoms with Crippen molar-refractivity contribution in [2.45, 2.75) is 81.0 Å². The van der Waals surface area contributed by atoms with Gasteiger partial charge in [-0.05, 0) is 55.8 Å². The molecule has 0 aromatic heterocycles. The quantitative estimate of drug-likeness (QED) is 0.200. The van der Waals surface area contributed by atoms with Crippen LogP contribution in [-0.4, -0.2) is 1.43 Å². The van der Waals surface area contributed by atoms with E-state index < -0.39 is 0 Å². The fourth-order valence-corrected chi connectivity index (χ4v) is 4.76. The van der Waals surface area contributed by atoms with E-state index in [0.717, 1.165) is 5.92 Å². The molecule has 118 valence electrons. The van der Waals surface area contributed by atoms with E-state index in [1.165, 1.54) is 44.9 Å². The normalized spacial score (nSPS) is 28.1. The van der Waals surface area contributed by atoms with Crippen molar-refractivity contribution in [3.05, 3.63) is 12.2 Å². The molecule has 0 bridgehead atoms. The summed E-state index contributed by atoms with van der Waals surface area (Å²) in [6.45, 7) is 11.9. The SMILES string of the molecule is CC[C@H](CC(C)(I)I)CC1(CC)C=CC(C)(C)CCC1. The highest BCUT2D eigenvalue weighted by atomic mass is 127. The number of allylic oxidation sites excluding steroid dienone is 2. The molecule has 0 saturated carbocycles. The van der Waals surface area contributed by atoms with Gasteiger partial charge in [0.05, 0.1) is 1.43 Å². The van der Waals surface area contributed by atoms with Gasteiger partial charge in [-0.15, -0.1) is 0 Å². The molecule has 0 aromatic carbocycles. The summed E-state index contributed by atoms with van der Waals surface area (Å²) in [5, 5.41) is 0. The van der Waals surface area contributed by atoms with Gasteiger partial charge in [-0.3, -0.25) is 0 Å². The molecule has 1 unspecified atom stereocenters. The molecule has 2 atom stereocenters. The van der Waals surface area contributed by atoms with Crippen molar-refractivity contribution in [3.8, 4) is 0 Å². The lowest BCUT2D eigenvalue weighted by molar-refractivity contribution is 0.234. The molecular weight excluding hydrogens is 470 g/mol. The summed E-state index contributed by atoms with van der Waals surface area (Å²) >= 11 is 5.22. The summed E-state index contributed by atoms with van der Waals surface area (Å²) in [7, 11) is 0. The number of rotatable bonds is 6. The fourth-order valence-electron chi connectivity index (χ4n) is 3.52. The number of halogens is 2. The van der Waals surface area contributed by atoms with E-state index in [1.54, 1.807) is 0 Å². The zero-order valence-electron chi connectivity index (χ0n) is 13.9. The molecule has 0 heterocycles. The molecular formula is C18H32I2. The summed E-state index contributed by atoms with van der Waals surface area (Å²) in [5.74, 6) is 0.861. The molecule has 0 N–H and O–H groups in total. The van der Waals surface area contributed by atoms with Crippen LogP contribution >= 0.6 is 45.2 Å². The van der Waals surface area contributed by atoms with Crippen LogP contribution < -0.4 is 0 Å². The van der Waals surface area contributed by atoms with Crippen LogP contribution in [0.25, 0.3) is 0 Å². The van der Waals surface area contributed by atoms with Crippen molar-refractivity contribution in [3.63, 3.8) is 0 Å². The molecule has 0 fully saturated rings. The Morgan fingerprint density at radius 2 is 1.80 bits per heavy atom. The third-order valence-electron chi connectivity index (χ3n) is 5.01. The Morgan fingerprint density at radius 1 is 1.15 bits per heavy atom. The highest BCUT2D eigenvalue weighted by Gasteiger charge is 2.33. The van der Waals surface area contributed by atoms with Crippen molar-refractivity contribution in [1.29, 1.82) is 0 Å². The lowest BCUT2D eigenvalue weighted by Crippen LogP contribution is -2.23. The monoisotopic (exact) mass is 502 g/mol. The standard InChI is InChI=1S/C18H32I2/c1-6-15(13-17(5,19)20)14-18(7-2)10-8-9-16(3,4)11-12-18/h11-12,15H,6-10,13-14H2,1-5H3/t15-,18?/m1/s1. The molecule has 2 heteroatoms. The Balaban J connectivity index is 2.83. The number of hydrogen-bond acceptors (Lipinski definition) is 0. The molecule has 20 heavy (non-hydrogen) atoms. The molecule has 0 aliphatic heterocycles. The first-order valence-electron chi connectivity index (χ1n) is 8.20. The Kier molecular flexibility index (Phi) is 7.36. The Hall–Kier alpha value is 1.20. The topological polar surface area (TPSA) is 0 Å². The van der Waals surface area contributed by atoms with Gasteiger partial charge in [-0.25, -0.2) is 0 Å². The maximum Gasteiger partial charge on any atom is 0.0709 e. The van der Waals surface area contributed by atoms with E-state index in [9.17, 15) is 0 Å². The predicted octanol–water partition coefficient (Wildman–Crippen LogP) is 7.54. The van der Waals surface area contributed by atoms with E-state index in [1.807, 2.05) is 0 Å². The van der Waals surface area contributed by atoms with Crippen LogP contribution in [0.4, 0.5) is 0 Å². The van der Waals surface area contributed by atoms with Gasteiger partial charge in [-0.2, -0.15) is 0 Å². The van der Waals surface area contributed by atoms with Crippen LogP contribution in [0.1, 0.15) is 79.6 Å². The van der Waals surface area contributed by atoms with Gasteiger partial charge in [-0.1, -0.05) is 97.9 Å². The summed E-state index contributed by atoms with van der Waals surface area (Å²) in [6.07, 6.45) is 14.6. The predicted molar refractivity (Wildman–Crippen MR) is 109 cm³/mol. The molecule has 0 spiro atoms. The highest BCUT2D eigenvalue weighted by molar-refractivity contribution is 14.2. The van der Waals surface area contributed by atoms with Crippen molar-refractivity contribution in [2.24, 2.45) is 16.7 Å². The summed E-state index contributed by atoms with van der Waals surface area (Å²) in [4.78, 5) is 0. The van der Waals surface area contributed by atoms with Crippen LogP contribution in [0.2, 0.25) is 0 Å². The van der Waals surface area contributed by atoms with Gasteiger partial charge >= 0.3 is 0 Å². The van der Waals surface area contributed by atoms with E-state index >= 15 is 0 Å². The van der Waals surface area contributed by atoms with Crippen LogP contribution in [0.15, 0.2) is 12.2 Å². The lowest BCUT2D eigenvalue weighted by Gasteiger charge is -2.34. The third kappa shape index (κ3) is 6.53. The molecule has 0 radical (unpaired) electrons. The van der Waals surface area contributed by atoms with Gasteiger partial charge in [0.1, 0.15) is 0 Å². The smallest absolute Gasteiger partial charge is 0.0709 e. The minimum Gasteiger partial charge on any atom is -0.0823 e. The van der Waals surface area contributed by atoms with Gasteiger partial charge < -0.3 is 0 Å². The Bertz CT molecular complexity index is 325. The largest absolute Gasteiger partial charge is 0.0823 e. The molecule has 0 aromatic rings. The van der Waals surface area contributed by atoms with Gasteiger partial charge in [0.15, 0.2) is 0 Å². The second-order valence-corrected chi connectivity index (χ2v) is 14.5. The van der Waals surface area contributed by atoms with Gasteiger partial charge in [0.2, 0.25) is 0 Å². The Morgan fingerprint density at radius 3 is 2.30 bits per heavy atom. The zero-order valence-corrected chi connectivity index (χ0v) is 18.3. The second-order valence-electron chi connectivity index (χ2n) is 7.64. The first-order chi connectivity index (χ1) is 9.11. The van der Waals surface area contributed by atoms with Crippen molar-refractivity contribution in [1.82, 2.24) is 0 Å². The first-order valence-corrected chi connectivity index (χ1v) is 10.4. The van der Waals surface area contributed by atoms with Gasteiger partial charge in [0, 0.05) is 0 Å². The number of hydrogen-bond donors (Lipinski definition) is 0. The van der Waals surface area contributed by atoms with Gasteiger partial charge in [0.25, 0.3) is 0 Å². The van der Waals surface area contributed by atoms with Crippen molar-refractivity contribution >= 4 is 45.2 Å². The fraction of sp³-hybridized carbons (Fsp3) is 0.889. The average molecular weight is 502 g/mol. The van der Waals surface area contributed by atoms with Crippen LogP contribution in [0, 0.1) is 16.7 Å². The minimum absolute atomic E-state index is 0.402. The van der Waals surface area contributed by atoms with E-state index in [0.29, 0.717) is 12.3 Å². The molecule has 1 rings (SSSR count). The summed E-state index contributed by atoms with van der Waals surface area (Å²) in [5.41, 5.74) is 0.868. The maximum atomic E-state index is 2.61. The van der Waals surface area contributed by atoms with Crippen LogP contribution in [0.5, 0.6) is 0 Å². The van der Waals surface area contributed by atoms with Crippen LogP contribution in [0.3, 0.4) is 0 Å². The lowest BCUT2D eigenvalue weighted by atomic mass is 9.72. The molecule has 1 aliphatic rings. The zero-order chi connectivity index (χ0) is 15.4. The Labute approximate surface area is 154 Å². The maximum absolute atomic E-state index is 2.61.